The number of rotatable bonds is 7. The van der Waals surface area contributed by atoms with Gasteiger partial charge in [0.05, 0.1) is 21.2 Å². The topological polar surface area (TPSA) is 75.3 Å². The molecule has 5 nitrogen and oxygen atoms in total. The van der Waals surface area contributed by atoms with Crippen LogP contribution in [-0.4, -0.2) is 20.9 Å². The molecule has 1 aliphatic rings. The number of sulfonamides is 1. The molecule has 0 heterocycles. The van der Waals surface area contributed by atoms with Crippen LogP contribution in [0.1, 0.15) is 48.0 Å². The molecule has 0 spiro atoms. The Morgan fingerprint density at radius 3 is 2.52 bits per heavy atom. The van der Waals surface area contributed by atoms with Crippen LogP contribution >= 0.6 is 11.6 Å². The molecule has 0 bridgehead atoms. The van der Waals surface area contributed by atoms with Gasteiger partial charge in [0, 0.05) is 6.54 Å². The largest absolute Gasteiger partial charge is 0.352 e. The number of hydrogen-bond donors (Lipinski definition) is 2. The van der Waals surface area contributed by atoms with Crippen molar-refractivity contribution in [3.8, 4) is 0 Å². The van der Waals surface area contributed by atoms with Crippen molar-refractivity contribution in [2.24, 2.45) is 0 Å². The fourth-order valence-corrected chi connectivity index (χ4v) is 4.57. The van der Waals surface area contributed by atoms with Crippen LogP contribution in [0.2, 0.25) is 5.02 Å². The van der Waals surface area contributed by atoms with Crippen molar-refractivity contribution >= 4 is 33.2 Å². The molecule has 29 heavy (non-hydrogen) atoms. The number of nitrogens with one attached hydrogen (secondary N) is 2. The number of hydrogen-bond acceptors (Lipinski definition) is 3. The molecule has 2 aromatic carbocycles. The van der Waals surface area contributed by atoms with E-state index in [-0.39, 0.29) is 15.8 Å². The summed E-state index contributed by atoms with van der Waals surface area (Å²) in [5.74, 6) is -0.264. The number of carbonyl (C=O) groups excluding carboxylic acids is 1. The Kier molecular flexibility index (Phi) is 6.98. The van der Waals surface area contributed by atoms with E-state index in [1.807, 2.05) is 6.92 Å². The summed E-state index contributed by atoms with van der Waals surface area (Å²) in [6.07, 6.45) is 7.79. The van der Waals surface area contributed by atoms with Gasteiger partial charge in [0.2, 0.25) is 0 Å². The average molecular weight is 433 g/mol. The summed E-state index contributed by atoms with van der Waals surface area (Å²) in [6.45, 7) is 2.45. The van der Waals surface area contributed by atoms with Crippen LogP contribution in [-0.2, 0) is 10.0 Å². The number of halogens is 1. The SMILES string of the molecule is Cc1ccc(S(=O)(=O)Nc2ccc(C(=O)NCCC3=CCCCC3)c(Cl)c2)cc1. The van der Waals surface area contributed by atoms with Gasteiger partial charge in [-0.2, -0.15) is 0 Å². The Morgan fingerprint density at radius 1 is 1.10 bits per heavy atom. The fraction of sp³-hybridized carbons (Fsp3) is 0.318. The highest BCUT2D eigenvalue weighted by Crippen LogP contribution is 2.24. The van der Waals surface area contributed by atoms with E-state index in [1.165, 1.54) is 36.6 Å². The van der Waals surface area contributed by atoms with Crippen molar-refractivity contribution in [1.29, 1.82) is 0 Å². The van der Waals surface area contributed by atoms with E-state index in [9.17, 15) is 13.2 Å². The van der Waals surface area contributed by atoms with Crippen molar-refractivity contribution < 1.29 is 13.2 Å². The van der Waals surface area contributed by atoms with Gasteiger partial charge in [-0.3, -0.25) is 9.52 Å². The molecular weight excluding hydrogens is 408 g/mol. The van der Waals surface area contributed by atoms with E-state index in [4.69, 9.17) is 11.6 Å². The zero-order valence-corrected chi connectivity index (χ0v) is 17.9. The lowest BCUT2D eigenvalue weighted by Crippen LogP contribution is -2.25. The fourth-order valence-electron chi connectivity index (χ4n) is 3.26. The summed E-state index contributed by atoms with van der Waals surface area (Å²) >= 11 is 6.24. The van der Waals surface area contributed by atoms with Crippen LogP contribution in [0, 0.1) is 6.92 Å². The second kappa shape index (κ2) is 9.46. The molecule has 0 saturated heterocycles. The van der Waals surface area contributed by atoms with Crippen LogP contribution in [0.3, 0.4) is 0 Å². The van der Waals surface area contributed by atoms with Crippen LogP contribution in [0.15, 0.2) is 59.0 Å². The molecule has 2 N–H and O–H groups in total. The quantitative estimate of drug-likeness (QED) is 0.600. The number of carbonyl (C=O) groups is 1. The van der Waals surface area contributed by atoms with Gasteiger partial charge in [-0.05, 0) is 69.4 Å². The van der Waals surface area contributed by atoms with Crippen LogP contribution < -0.4 is 10.0 Å². The summed E-state index contributed by atoms with van der Waals surface area (Å²) in [4.78, 5) is 12.6. The highest BCUT2D eigenvalue weighted by molar-refractivity contribution is 7.92. The Labute approximate surface area is 177 Å². The Balaban J connectivity index is 1.62. The summed E-state index contributed by atoms with van der Waals surface area (Å²) in [5, 5.41) is 3.08. The number of anilines is 1. The Hall–Kier alpha value is -2.31. The van der Waals surface area contributed by atoms with Crippen molar-refractivity contribution in [2.75, 3.05) is 11.3 Å². The molecule has 1 aliphatic carbocycles. The van der Waals surface area contributed by atoms with E-state index in [0.717, 1.165) is 24.8 Å². The molecule has 0 saturated carbocycles. The van der Waals surface area contributed by atoms with Gasteiger partial charge in [0.25, 0.3) is 15.9 Å². The van der Waals surface area contributed by atoms with Gasteiger partial charge in [0.1, 0.15) is 0 Å². The number of allylic oxidation sites excluding steroid dienone is 1. The lowest BCUT2D eigenvalue weighted by molar-refractivity contribution is 0.0954. The molecule has 7 heteroatoms. The third kappa shape index (κ3) is 5.84. The normalized spacial score (nSPS) is 14.2. The van der Waals surface area contributed by atoms with E-state index < -0.39 is 10.0 Å². The molecule has 0 fully saturated rings. The highest BCUT2D eigenvalue weighted by Gasteiger charge is 2.16. The molecular formula is C22H25ClN2O3S. The number of benzene rings is 2. The van der Waals surface area contributed by atoms with Gasteiger partial charge >= 0.3 is 0 Å². The predicted octanol–water partition coefficient (Wildman–Crippen LogP) is 5.07. The van der Waals surface area contributed by atoms with Gasteiger partial charge in [-0.1, -0.05) is 40.9 Å². The lowest BCUT2D eigenvalue weighted by Gasteiger charge is -2.13. The van der Waals surface area contributed by atoms with E-state index in [0.29, 0.717) is 17.8 Å². The van der Waals surface area contributed by atoms with Crippen LogP contribution in [0.25, 0.3) is 0 Å². The van der Waals surface area contributed by atoms with Crippen LogP contribution in [0.4, 0.5) is 5.69 Å². The van der Waals surface area contributed by atoms with E-state index >= 15 is 0 Å². The first-order chi connectivity index (χ1) is 13.8. The zero-order valence-electron chi connectivity index (χ0n) is 16.4. The smallest absolute Gasteiger partial charge is 0.261 e. The van der Waals surface area contributed by atoms with Crippen molar-refractivity contribution in [3.05, 3.63) is 70.3 Å². The van der Waals surface area contributed by atoms with Gasteiger partial charge in [0.15, 0.2) is 0 Å². The number of aryl methyl sites for hydroxylation is 1. The Bertz CT molecular complexity index is 1010. The lowest BCUT2D eigenvalue weighted by atomic mass is 9.97. The van der Waals surface area contributed by atoms with Crippen molar-refractivity contribution in [3.63, 3.8) is 0 Å². The predicted molar refractivity (Wildman–Crippen MR) is 117 cm³/mol. The van der Waals surface area contributed by atoms with Gasteiger partial charge in [-0.15, -0.1) is 0 Å². The third-order valence-corrected chi connectivity index (χ3v) is 6.62. The standard InChI is InChI=1S/C22H25ClN2O3S/c1-16-7-10-19(11-8-16)29(27,28)25-18-9-12-20(21(23)15-18)22(26)24-14-13-17-5-3-2-4-6-17/h5,7-12,15,25H,2-4,6,13-14H2,1H3,(H,24,26). The first-order valence-corrected chi connectivity index (χ1v) is 11.6. The second-order valence-corrected chi connectivity index (χ2v) is 9.32. The minimum atomic E-state index is -3.72. The molecule has 0 aromatic heterocycles. The molecule has 3 rings (SSSR count). The molecule has 0 aliphatic heterocycles. The average Bonchev–Trinajstić information content (AvgIpc) is 2.69. The van der Waals surface area contributed by atoms with Gasteiger partial charge in [-0.25, -0.2) is 8.42 Å². The first-order valence-electron chi connectivity index (χ1n) is 9.70. The van der Waals surface area contributed by atoms with Crippen molar-refractivity contribution in [2.45, 2.75) is 43.9 Å². The Morgan fingerprint density at radius 2 is 1.86 bits per heavy atom. The second-order valence-electron chi connectivity index (χ2n) is 7.23. The molecule has 154 valence electrons. The van der Waals surface area contributed by atoms with Crippen molar-refractivity contribution in [1.82, 2.24) is 5.32 Å². The van der Waals surface area contributed by atoms with E-state index in [2.05, 4.69) is 16.1 Å². The molecule has 2 aromatic rings. The maximum atomic E-state index is 12.5. The summed E-state index contributed by atoms with van der Waals surface area (Å²) < 4.78 is 27.5. The van der Waals surface area contributed by atoms with Crippen LogP contribution in [0.5, 0.6) is 0 Å². The maximum Gasteiger partial charge on any atom is 0.261 e. The maximum absolute atomic E-state index is 12.5. The monoisotopic (exact) mass is 432 g/mol. The molecule has 0 radical (unpaired) electrons. The summed E-state index contributed by atoms with van der Waals surface area (Å²) in [7, 11) is -3.72. The highest BCUT2D eigenvalue weighted by atomic mass is 35.5. The molecule has 0 atom stereocenters. The summed E-state index contributed by atoms with van der Waals surface area (Å²) in [6, 6.07) is 11.1. The van der Waals surface area contributed by atoms with E-state index in [1.54, 1.807) is 24.3 Å². The minimum absolute atomic E-state index is 0.165. The van der Waals surface area contributed by atoms with Gasteiger partial charge < -0.3 is 5.32 Å². The zero-order chi connectivity index (χ0) is 20.9. The minimum Gasteiger partial charge on any atom is -0.352 e. The number of amides is 1. The molecule has 1 amide bonds. The first kappa shape index (κ1) is 21.4. The summed E-state index contributed by atoms with van der Waals surface area (Å²) in [5.41, 5.74) is 2.99. The molecule has 0 unspecified atom stereocenters. The third-order valence-electron chi connectivity index (χ3n) is 4.91.